The molecule has 2 rings (SSSR count). The second kappa shape index (κ2) is 10.9. The summed E-state index contributed by atoms with van der Waals surface area (Å²) in [5.41, 5.74) is 0.820. The molecule has 0 radical (unpaired) electrons. The maximum Gasteiger partial charge on any atom is 0.410 e. The minimum Gasteiger partial charge on any atom is -0.444 e. The third kappa shape index (κ3) is 8.19. The number of hydrogen-bond acceptors (Lipinski definition) is 4. The first-order valence-electron chi connectivity index (χ1n) is 9.02. The Morgan fingerprint density at radius 2 is 2.03 bits per heavy atom. The van der Waals surface area contributed by atoms with E-state index in [1.807, 2.05) is 20.8 Å². The summed E-state index contributed by atoms with van der Waals surface area (Å²) in [6.45, 7) is 6.57. The SMILES string of the molecule is C#Cc1cccc(NC(=O)CNC(=NC)NC2CN(C(=O)OC(C)(C)C)C2)c1.I. The number of nitrogens with one attached hydrogen (secondary N) is 3. The number of halogens is 1. The molecule has 1 aliphatic heterocycles. The van der Waals surface area contributed by atoms with E-state index in [-0.39, 0.29) is 48.6 Å². The summed E-state index contributed by atoms with van der Waals surface area (Å²) in [7, 11) is 1.62. The maximum atomic E-state index is 12.1. The Balaban J connectivity index is 0.00000420. The lowest BCUT2D eigenvalue weighted by Crippen LogP contribution is -2.63. The zero-order valence-corrected chi connectivity index (χ0v) is 19.4. The molecule has 1 aromatic carbocycles. The molecule has 1 aromatic rings. The van der Waals surface area contributed by atoms with Gasteiger partial charge in [-0.05, 0) is 39.0 Å². The van der Waals surface area contributed by atoms with E-state index in [1.54, 1.807) is 36.2 Å². The molecule has 158 valence electrons. The van der Waals surface area contributed by atoms with Crippen molar-refractivity contribution in [1.82, 2.24) is 15.5 Å². The number of aliphatic imine (C=N–C) groups is 1. The third-order valence-corrected chi connectivity index (χ3v) is 3.83. The molecular formula is C20H28IN5O3. The van der Waals surface area contributed by atoms with Crippen LogP contribution in [0.3, 0.4) is 0 Å². The summed E-state index contributed by atoms with van der Waals surface area (Å²) < 4.78 is 5.32. The number of rotatable bonds is 4. The molecule has 8 nitrogen and oxygen atoms in total. The average molecular weight is 513 g/mol. The molecule has 0 saturated carbocycles. The largest absolute Gasteiger partial charge is 0.444 e. The highest BCUT2D eigenvalue weighted by Gasteiger charge is 2.34. The fourth-order valence-electron chi connectivity index (χ4n) is 2.49. The Morgan fingerprint density at radius 3 is 2.62 bits per heavy atom. The first-order valence-corrected chi connectivity index (χ1v) is 9.02. The number of hydrogen-bond donors (Lipinski definition) is 3. The van der Waals surface area contributed by atoms with E-state index >= 15 is 0 Å². The van der Waals surface area contributed by atoms with Crippen molar-refractivity contribution in [2.24, 2.45) is 4.99 Å². The van der Waals surface area contributed by atoms with Crippen molar-refractivity contribution < 1.29 is 14.3 Å². The minimum absolute atomic E-state index is 0. The van der Waals surface area contributed by atoms with Crippen LogP contribution in [0.5, 0.6) is 0 Å². The fourth-order valence-corrected chi connectivity index (χ4v) is 2.49. The topological polar surface area (TPSA) is 95.1 Å². The van der Waals surface area contributed by atoms with E-state index < -0.39 is 5.60 Å². The smallest absolute Gasteiger partial charge is 0.410 e. The van der Waals surface area contributed by atoms with Gasteiger partial charge in [0.15, 0.2) is 5.96 Å². The number of terminal acetylenes is 1. The van der Waals surface area contributed by atoms with Crippen molar-refractivity contribution in [1.29, 1.82) is 0 Å². The van der Waals surface area contributed by atoms with Gasteiger partial charge in [0.2, 0.25) is 5.91 Å². The first kappa shape index (κ1) is 24.6. The Hall–Kier alpha value is -2.48. The monoisotopic (exact) mass is 513 g/mol. The summed E-state index contributed by atoms with van der Waals surface area (Å²) in [6, 6.07) is 7.12. The summed E-state index contributed by atoms with van der Waals surface area (Å²) in [4.78, 5) is 29.8. The van der Waals surface area contributed by atoms with Crippen molar-refractivity contribution in [3.8, 4) is 12.3 Å². The molecule has 1 aliphatic rings. The van der Waals surface area contributed by atoms with Gasteiger partial charge in [0.1, 0.15) is 5.60 Å². The van der Waals surface area contributed by atoms with E-state index in [1.165, 1.54) is 0 Å². The van der Waals surface area contributed by atoms with Crippen LogP contribution < -0.4 is 16.0 Å². The number of amides is 2. The summed E-state index contributed by atoms with van der Waals surface area (Å²) in [5.74, 6) is 2.79. The van der Waals surface area contributed by atoms with Gasteiger partial charge in [-0.25, -0.2) is 4.79 Å². The first-order chi connectivity index (χ1) is 13.2. The van der Waals surface area contributed by atoms with Crippen LogP contribution in [0.25, 0.3) is 0 Å². The van der Waals surface area contributed by atoms with Gasteiger partial charge < -0.3 is 25.6 Å². The van der Waals surface area contributed by atoms with Gasteiger partial charge in [0, 0.05) is 31.4 Å². The molecule has 2 amide bonds. The Bertz CT molecular complexity index is 792. The van der Waals surface area contributed by atoms with Gasteiger partial charge in [-0.1, -0.05) is 12.0 Å². The fraction of sp³-hybridized carbons (Fsp3) is 0.450. The average Bonchev–Trinajstić information content (AvgIpc) is 2.58. The van der Waals surface area contributed by atoms with Crippen molar-refractivity contribution in [2.75, 3.05) is 32.0 Å². The molecule has 1 fully saturated rings. The molecule has 0 atom stereocenters. The van der Waals surface area contributed by atoms with Gasteiger partial charge in [0.05, 0.1) is 12.6 Å². The van der Waals surface area contributed by atoms with Gasteiger partial charge in [-0.3, -0.25) is 9.79 Å². The van der Waals surface area contributed by atoms with E-state index in [2.05, 4.69) is 26.9 Å². The van der Waals surface area contributed by atoms with Crippen LogP contribution in [0.4, 0.5) is 10.5 Å². The molecule has 0 aliphatic carbocycles. The van der Waals surface area contributed by atoms with Gasteiger partial charge in [-0.2, -0.15) is 0 Å². The zero-order valence-electron chi connectivity index (χ0n) is 17.1. The van der Waals surface area contributed by atoms with Crippen LogP contribution in [0.2, 0.25) is 0 Å². The predicted molar refractivity (Wildman–Crippen MR) is 125 cm³/mol. The number of nitrogens with zero attached hydrogens (tertiary/aromatic N) is 2. The molecule has 0 aromatic heterocycles. The molecule has 3 N–H and O–H groups in total. The number of likely N-dealkylation sites (tertiary alicyclic amines) is 1. The lowest BCUT2D eigenvalue weighted by atomic mass is 10.1. The van der Waals surface area contributed by atoms with Crippen LogP contribution in [0.1, 0.15) is 26.3 Å². The van der Waals surface area contributed by atoms with Crippen molar-refractivity contribution in [3.63, 3.8) is 0 Å². The van der Waals surface area contributed by atoms with Crippen LogP contribution in [0, 0.1) is 12.3 Å². The Morgan fingerprint density at radius 1 is 1.34 bits per heavy atom. The highest BCUT2D eigenvalue weighted by molar-refractivity contribution is 14.0. The quantitative estimate of drug-likeness (QED) is 0.248. The van der Waals surface area contributed by atoms with Crippen LogP contribution >= 0.6 is 24.0 Å². The summed E-state index contributed by atoms with van der Waals surface area (Å²) in [6.07, 6.45) is 5.03. The molecular weight excluding hydrogens is 485 g/mol. The van der Waals surface area contributed by atoms with Crippen molar-refractivity contribution in [3.05, 3.63) is 29.8 Å². The van der Waals surface area contributed by atoms with Gasteiger partial charge in [0.25, 0.3) is 0 Å². The molecule has 0 unspecified atom stereocenters. The molecule has 0 bridgehead atoms. The number of anilines is 1. The highest BCUT2D eigenvalue weighted by Crippen LogP contribution is 2.15. The van der Waals surface area contributed by atoms with Gasteiger partial charge in [-0.15, -0.1) is 30.4 Å². The number of guanidine groups is 1. The second-order valence-electron chi connectivity index (χ2n) is 7.43. The number of carbonyl (C=O) groups is 2. The standard InChI is InChI=1S/C20H27N5O3.HI/c1-6-14-8-7-9-15(10-14)23-17(26)11-22-18(21-5)24-16-12-25(13-16)19(27)28-20(2,3)4;/h1,7-10,16H,11-13H2,2-5H3,(H,23,26)(H2,21,22,24);1H. The lowest BCUT2D eigenvalue weighted by Gasteiger charge is -2.40. The molecule has 9 heteroatoms. The van der Waals surface area contributed by atoms with Crippen LogP contribution in [-0.4, -0.2) is 61.2 Å². The molecule has 1 heterocycles. The molecule has 0 spiro atoms. The van der Waals surface area contributed by atoms with Crippen molar-refractivity contribution >= 4 is 47.6 Å². The maximum absolute atomic E-state index is 12.1. The van der Waals surface area contributed by atoms with E-state index in [0.717, 1.165) is 0 Å². The lowest BCUT2D eigenvalue weighted by molar-refractivity contribution is -0.115. The normalized spacial score (nSPS) is 14.0. The van der Waals surface area contributed by atoms with E-state index in [4.69, 9.17) is 11.2 Å². The summed E-state index contributed by atoms with van der Waals surface area (Å²) >= 11 is 0. The number of ether oxygens (including phenoxy) is 1. The van der Waals surface area contributed by atoms with Gasteiger partial charge >= 0.3 is 6.09 Å². The van der Waals surface area contributed by atoms with Crippen LogP contribution in [0.15, 0.2) is 29.3 Å². The number of carbonyl (C=O) groups excluding carboxylic acids is 2. The molecule has 1 saturated heterocycles. The highest BCUT2D eigenvalue weighted by atomic mass is 127. The van der Waals surface area contributed by atoms with E-state index in [0.29, 0.717) is 30.3 Å². The second-order valence-corrected chi connectivity index (χ2v) is 7.43. The minimum atomic E-state index is -0.514. The number of benzene rings is 1. The van der Waals surface area contributed by atoms with Crippen LogP contribution in [-0.2, 0) is 9.53 Å². The predicted octanol–water partition coefficient (Wildman–Crippen LogP) is 2.01. The zero-order chi connectivity index (χ0) is 20.7. The van der Waals surface area contributed by atoms with E-state index in [9.17, 15) is 9.59 Å². The summed E-state index contributed by atoms with van der Waals surface area (Å²) in [5, 5.41) is 8.89. The van der Waals surface area contributed by atoms with Crippen molar-refractivity contribution in [2.45, 2.75) is 32.4 Å². The third-order valence-electron chi connectivity index (χ3n) is 3.83. The Kier molecular flexibility index (Phi) is 9.23. The molecule has 29 heavy (non-hydrogen) atoms. The Labute approximate surface area is 188 Å².